The van der Waals surface area contributed by atoms with E-state index in [0.29, 0.717) is 16.5 Å². The van der Waals surface area contributed by atoms with E-state index in [1.54, 1.807) is 4.68 Å². The highest BCUT2D eigenvalue weighted by atomic mass is 32.1. The number of nitrogens with zero attached hydrogens (tertiary/aromatic N) is 3. The smallest absolute Gasteiger partial charge is 0.266 e. The predicted molar refractivity (Wildman–Crippen MR) is 82.0 cm³/mol. The van der Waals surface area contributed by atoms with Gasteiger partial charge in [-0.3, -0.25) is 9.48 Å². The van der Waals surface area contributed by atoms with Crippen molar-refractivity contribution in [3.05, 3.63) is 10.6 Å². The highest BCUT2D eigenvalue weighted by molar-refractivity contribution is 7.21. The molecule has 6 heteroatoms. The van der Waals surface area contributed by atoms with E-state index in [-0.39, 0.29) is 11.9 Å². The Hall–Kier alpha value is -1.56. The second kappa shape index (κ2) is 4.48. The Morgan fingerprint density at radius 2 is 2.20 bits per heavy atom. The first-order valence-electron chi connectivity index (χ1n) is 6.90. The highest BCUT2D eigenvalue weighted by Crippen LogP contribution is 2.38. The number of nitrogen functional groups attached to an aromatic ring is 1. The summed E-state index contributed by atoms with van der Waals surface area (Å²) in [5.41, 5.74) is 7.66. The van der Waals surface area contributed by atoms with E-state index in [2.05, 4.69) is 12.0 Å². The minimum atomic E-state index is 0.0301. The van der Waals surface area contributed by atoms with Crippen LogP contribution in [0.1, 0.15) is 35.1 Å². The van der Waals surface area contributed by atoms with Crippen molar-refractivity contribution in [3.63, 3.8) is 0 Å². The fourth-order valence-corrected chi connectivity index (χ4v) is 3.90. The number of rotatable bonds is 3. The Morgan fingerprint density at radius 3 is 2.75 bits per heavy atom. The molecule has 0 aliphatic heterocycles. The second-order valence-corrected chi connectivity index (χ2v) is 6.73. The molecule has 0 aromatic carbocycles. The number of amides is 1. The zero-order valence-electron chi connectivity index (χ0n) is 12.3. The molecule has 3 rings (SSSR count). The van der Waals surface area contributed by atoms with Crippen molar-refractivity contribution in [2.75, 3.05) is 12.8 Å². The SMILES string of the molecule is Cc1nn(C)c2sc(C(=O)N(C)C(C)C3CC3)c(N)c12. The van der Waals surface area contributed by atoms with Gasteiger partial charge in [0.2, 0.25) is 0 Å². The molecule has 1 atom stereocenters. The van der Waals surface area contributed by atoms with Crippen LogP contribution in [-0.2, 0) is 7.05 Å². The Labute approximate surface area is 122 Å². The number of hydrogen-bond donors (Lipinski definition) is 1. The molecule has 5 nitrogen and oxygen atoms in total. The lowest BCUT2D eigenvalue weighted by molar-refractivity contribution is 0.0733. The maximum atomic E-state index is 12.7. The summed E-state index contributed by atoms with van der Waals surface area (Å²) in [6, 6.07) is 0.284. The molecule has 0 spiro atoms. The van der Waals surface area contributed by atoms with Gasteiger partial charge in [0.25, 0.3) is 5.91 Å². The molecule has 1 aliphatic rings. The molecule has 2 aromatic heterocycles. The van der Waals surface area contributed by atoms with Gasteiger partial charge in [0.15, 0.2) is 0 Å². The third-order valence-corrected chi connectivity index (χ3v) is 5.57. The van der Waals surface area contributed by atoms with Crippen molar-refractivity contribution in [3.8, 4) is 0 Å². The molecule has 1 unspecified atom stereocenters. The zero-order valence-corrected chi connectivity index (χ0v) is 13.1. The van der Waals surface area contributed by atoms with Crippen LogP contribution in [0.3, 0.4) is 0 Å². The molecule has 1 amide bonds. The van der Waals surface area contributed by atoms with Crippen molar-refractivity contribution in [2.45, 2.75) is 32.7 Å². The van der Waals surface area contributed by atoms with Gasteiger partial charge < -0.3 is 10.6 Å². The minimum Gasteiger partial charge on any atom is -0.397 e. The van der Waals surface area contributed by atoms with Crippen LogP contribution in [0.25, 0.3) is 10.2 Å². The summed E-state index contributed by atoms with van der Waals surface area (Å²) >= 11 is 1.44. The summed E-state index contributed by atoms with van der Waals surface area (Å²) in [6.07, 6.45) is 2.45. The molecule has 0 saturated heterocycles. The minimum absolute atomic E-state index is 0.0301. The standard InChI is InChI=1S/C14H20N4OS/c1-7-10-11(15)12(20-14(10)18(4)16-7)13(19)17(3)8(2)9-5-6-9/h8-9H,5-6,15H2,1-4H3. The van der Waals surface area contributed by atoms with Crippen LogP contribution in [0, 0.1) is 12.8 Å². The van der Waals surface area contributed by atoms with E-state index >= 15 is 0 Å². The summed E-state index contributed by atoms with van der Waals surface area (Å²) in [5, 5.41) is 5.28. The van der Waals surface area contributed by atoms with Gasteiger partial charge in [0.1, 0.15) is 9.71 Å². The van der Waals surface area contributed by atoms with Gasteiger partial charge in [0.05, 0.1) is 16.8 Å². The average molecular weight is 292 g/mol. The number of nitrogens with two attached hydrogens (primary N) is 1. The lowest BCUT2D eigenvalue weighted by atomic mass is 10.1. The summed E-state index contributed by atoms with van der Waals surface area (Å²) in [4.78, 5) is 16.1. The summed E-state index contributed by atoms with van der Waals surface area (Å²) in [5.74, 6) is 0.686. The van der Waals surface area contributed by atoms with Crippen LogP contribution in [0.5, 0.6) is 0 Å². The quantitative estimate of drug-likeness (QED) is 0.944. The average Bonchev–Trinajstić information content (AvgIpc) is 3.14. The number of aromatic nitrogens is 2. The van der Waals surface area contributed by atoms with Crippen LogP contribution in [-0.4, -0.2) is 33.7 Å². The van der Waals surface area contributed by atoms with Gasteiger partial charge in [-0.2, -0.15) is 5.10 Å². The van der Waals surface area contributed by atoms with Crippen LogP contribution in [0.2, 0.25) is 0 Å². The molecule has 1 saturated carbocycles. The van der Waals surface area contributed by atoms with Crippen molar-refractivity contribution < 1.29 is 4.79 Å². The van der Waals surface area contributed by atoms with Gasteiger partial charge in [-0.25, -0.2) is 0 Å². The van der Waals surface area contributed by atoms with Crippen molar-refractivity contribution >= 4 is 33.1 Å². The van der Waals surface area contributed by atoms with E-state index < -0.39 is 0 Å². The molecular weight excluding hydrogens is 272 g/mol. The molecular formula is C14H20N4OS. The highest BCUT2D eigenvalue weighted by Gasteiger charge is 2.34. The third kappa shape index (κ3) is 1.90. The summed E-state index contributed by atoms with van der Waals surface area (Å²) in [7, 11) is 3.76. The largest absolute Gasteiger partial charge is 0.397 e. The monoisotopic (exact) mass is 292 g/mol. The first-order chi connectivity index (χ1) is 9.41. The molecule has 0 radical (unpaired) electrons. The summed E-state index contributed by atoms with van der Waals surface area (Å²) < 4.78 is 1.80. The van der Waals surface area contributed by atoms with Gasteiger partial charge >= 0.3 is 0 Å². The zero-order chi connectivity index (χ0) is 14.6. The summed E-state index contributed by atoms with van der Waals surface area (Å²) in [6.45, 7) is 4.04. The fraction of sp³-hybridized carbons (Fsp3) is 0.571. The van der Waals surface area contributed by atoms with Crippen molar-refractivity contribution in [2.24, 2.45) is 13.0 Å². The van der Waals surface area contributed by atoms with Crippen LogP contribution < -0.4 is 5.73 Å². The Bertz CT molecular complexity index is 683. The fourth-order valence-electron chi connectivity index (χ4n) is 2.73. The maximum absolute atomic E-state index is 12.7. The first kappa shape index (κ1) is 13.4. The number of aryl methyl sites for hydroxylation is 2. The van der Waals surface area contributed by atoms with Gasteiger partial charge in [-0.1, -0.05) is 0 Å². The normalized spacial score (nSPS) is 16.6. The topological polar surface area (TPSA) is 64.2 Å². The third-order valence-electron chi connectivity index (χ3n) is 4.31. The van der Waals surface area contributed by atoms with Gasteiger partial charge in [-0.05, 0) is 32.6 Å². The van der Waals surface area contributed by atoms with E-state index in [1.807, 2.05) is 25.9 Å². The van der Waals surface area contributed by atoms with Gasteiger partial charge in [0, 0.05) is 20.1 Å². The van der Waals surface area contributed by atoms with Crippen LogP contribution >= 0.6 is 11.3 Å². The Kier molecular flexibility index (Phi) is 3.01. The lowest BCUT2D eigenvalue weighted by Gasteiger charge is -2.24. The maximum Gasteiger partial charge on any atom is 0.266 e. The van der Waals surface area contributed by atoms with Crippen LogP contribution in [0.4, 0.5) is 5.69 Å². The molecule has 2 aromatic rings. The molecule has 1 aliphatic carbocycles. The Balaban J connectivity index is 1.99. The molecule has 2 heterocycles. The van der Waals surface area contributed by atoms with E-state index in [1.165, 1.54) is 24.2 Å². The number of fused-ring (bicyclic) bond motifs is 1. The van der Waals surface area contributed by atoms with Crippen LogP contribution in [0.15, 0.2) is 0 Å². The van der Waals surface area contributed by atoms with Gasteiger partial charge in [-0.15, -0.1) is 11.3 Å². The number of carbonyl (C=O) groups is 1. The number of anilines is 1. The molecule has 108 valence electrons. The molecule has 0 bridgehead atoms. The second-order valence-electron chi connectivity index (χ2n) is 5.73. The lowest BCUT2D eigenvalue weighted by Crippen LogP contribution is -2.36. The van der Waals surface area contributed by atoms with E-state index in [4.69, 9.17) is 5.73 Å². The predicted octanol–water partition coefficient (Wildman–Crippen LogP) is 2.40. The van der Waals surface area contributed by atoms with E-state index in [0.717, 1.165) is 15.9 Å². The first-order valence-corrected chi connectivity index (χ1v) is 7.72. The van der Waals surface area contributed by atoms with Crippen molar-refractivity contribution in [1.82, 2.24) is 14.7 Å². The molecule has 2 N–H and O–H groups in total. The molecule has 20 heavy (non-hydrogen) atoms. The number of thiophene rings is 1. The number of carbonyl (C=O) groups excluding carboxylic acids is 1. The molecule has 1 fully saturated rings. The number of hydrogen-bond acceptors (Lipinski definition) is 4. The van der Waals surface area contributed by atoms with E-state index in [9.17, 15) is 4.79 Å². The Morgan fingerprint density at radius 1 is 1.55 bits per heavy atom. The van der Waals surface area contributed by atoms with Crippen molar-refractivity contribution in [1.29, 1.82) is 0 Å².